The van der Waals surface area contributed by atoms with E-state index in [4.69, 9.17) is 16.1 Å². The fourth-order valence-electron chi connectivity index (χ4n) is 1.35. The standard InChI is InChI=1S/C11H6ClN3OS/c12-9-4-3-7(6-13-9)11-14-10(15-16-11)8-2-1-5-17-8/h1-6H. The van der Waals surface area contributed by atoms with Crippen LogP contribution >= 0.6 is 22.9 Å². The van der Waals surface area contributed by atoms with Gasteiger partial charge in [0.2, 0.25) is 5.82 Å². The van der Waals surface area contributed by atoms with E-state index in [0.717, 1.165) is 10.4 Å². The molecule has 0 spiro atoms. The lowest BCUT2D eigenvalue weighted by molar-refractivity contribution is 0.432. The van der Waals surface area contributed by atoms with Crippen molar-refractivity contribution in [2.75, 3.05) is 0 Å². The molecule has 3 rings (SSSR count). The second-order valence-corrected chi connectivity index (χ2v) is 4.60. The van der Waals surface area contributed by atoms with Crippen molar-refractivity contribution in [2.45, 2.75) is 0 Å². The van der Waals surface area contributed by atoms with Gasteiger partial charge in [0.1, 0.15) is 5.15 Å². The van der Waals surface area contributed by atoms with E-state index < -0.39 is 0 Å². The number of pyridine rings is 1. The van der Waals surface area contributed by atoms with Crippen molar-refractivity contribution in [1.82, 2.24) is 15.1 Å². The highest BCUT2D eigenvalue weighted by molar-refractivity contribution is 7.13. The van der Waals surface area contributed by atoms with Crippen LogP contribution in [0.3, 0.4) is 0 Å². The van der Waals surface area contributed by atoms with Crippen LogP contribution in [0.5, 0.6) is 0 Å². The normalized spacial score (nSPS) is 10.6. The second-order valence-electron chi connectivity index (χ2n) is 3.27. The van der Waals surface area contributed by atoms with E-state index in [0.29, 0.717) is 16.9 Å². The number of aromatic nitrogens is 3. The van der Waals surface area contributed by atoms with Crippen molar-refractivity contribution in [2.24, 2.45) is 0 Å². The fraction of sp³-hybridized carbons (Fsp3) is 0. The number of hydrogen-bond donors (Lipinski definition) is 0. The Kier molecular flexibility index (Phi) is 2.62. The number of hydrogen-bond acceptors (Lipinski definition) is 5. The van der Waals surface area contributed by atoms with E-state index in [-0.39, 0.29) is 0 Å². The van der Waals surface area contributed by atoms with Crippen molar-refractivity contribution in [3.05, 3.63) is 41.0 Å². The summed E-state index contributed by atoms with van der Waals surface area (Å²) in [6.45, 7) is 0. The lowest BCUT2D eigenvalue weighted by atomic mass is 10.3. The van der Waals surface area contributed by atoms with Gasteiger partial charge in [-0.05, 0) is 23.6 Å². The van der Waals surface area contributed by atoms with Gasteiger partial charge in [-0.25, -0.2) is 4.98 Å². The summed E-state index contributed by atoms with van der Waals surface area (Å²) < 4.78 is 5.18. The first-order valence-corrected chi connectivity index (χ1v) is 6.08. The van der Waals surface area contributed by atoms with Crippen LogP contribution in [0.1, 0.15) is 0 Å². The minimum absolute atomic E-state index is 0.437. The van der Waals surface area contributed by atoms with E-state index in [2.05, 4.69) is 15.1 Å². The summed E-state index contributed by atoms with van der Waals surface area (Å²) in [6.07, 6.45) is 1.61. The van der Waals surface area contributed by atoms with Crippen LogP contribution in [0.2, 0.25) is 5.15 Å². The molecule has 84 valence electrons. The van der Waals surface area contributed by atoms with Gasteiger partial charge in [-0.15, -0.1) is 11.3 Å². The molecule has 0 bridgehead atoms. The van der Waals surface area contributed by atoms with Crippen molar-refractivity contribution >= 4 is 22.9 Å². The zero-order valence-electron chi connectivity index (χ0n) is 8.50. The predicted octanol–water partition coefficient (Wildman–Crippen LogP) is 3.51. The quantitative estimate of drug-likeness (QED) is 0.664. The molecule has 0 fully saturated rings. The van der Waals surface area contributed by atoms with Gasteiger partial charge < -0.3 is 4.52 Å². The zero-order valence-corrected chi connectivity index (χ0v) is 10.1. The Morgan fingerprint density at radius 2 is 2.18 bits per heavy atom. The lowest BCUT2D eigenvalue weighted by Gasteiger charge is -1.92. The summed E-state index contributed by atoms with van der Waals surface area (Å²) in [5.74, 6) is 1.03. The molecule has 3 aromatic rings. The van der Waals surface area contributed by atoms with Crippen LogP contribution in [0.25, 0.3) is 22.2 Å². The minimum Gasteiger partial charge on any atom is -0.334 e. The molecule has 0 aliphatic carbocycles. The summed E-state index contributed by atoms with van der Waals surface area (Å²) in [4.78, 5) is 9.24. The Bertz CT molecular complexity index is 618. The minimum atomic E-state index is 0.437. The highest BCUT2D eigenvalue weighted by Crippen LogP contribution is 2.25. The maximum atomic E-state index is 5.71. The highest BCUT2D eigenvalue weighted by atomic mass is 35.5. The molecule has 0 aliphatic rings. The monoisotopic (exact) mass is 263 g/mol. The van der Waals surface area contributed by atoms with Gasteiger partial charge in [0.15, 0.2) is 0 Å². The summed E-state index contributed by atoms with van der Waals surface area (Å²) in [5, 5.41) is 6.33. The lowest BCUT2D eigenvalue weighted by Crippen LogP contribution is -1.80. The molecule has 0 aromatic carbocycles. The SMILES string of the molecule is Clc1ccc(-c2nc(-c3cccs3)no2)cn1. The highest BCUT2D eigenvalue weighted by Gasteiger charge is 2.11. The van der Waals surface area contributed by atoms with Crippen LogP contribution in [0.4, 0.5) is 0 Å². The van der Waals surface area contributed by atoms with Crippen LogP contribution in [-0.2, 0) is 0 Å². The molecule has 0 unspecified atom stereocenters. The molecule has 3 aromatic heterocycles. The summed E-state index contributed by atoms with van der Waals surface area (Å²) in [7, 11) is 0. The van der Waals surface area contributed by atoms with Gasteiger partial charge >= 0.3 is 0 Å². The van der Waals surface area contributed by atoms with Gasteiger partial charge in [0.25, 0.3) is 5.89 Å². The first-order chi connectivity index (χ1) is 8.33. The molecule has 0 saturated heterocycles. The summed E-state index contributed by atoms with van der Waals surface area (Å²) in [5.41, 5.74) is 0.754. The molecule has 0 atom stereocenters. The molecule has 0 saturated carbocycles. The number of nitrogens with zero attached hydrogens (tertiary/aromatic N) is 3. The van der Waals surface area contributed by atoms with Crippen molar-refractivity contribution < 1.29 is 4.52 Å². The van der Waals surface area contributed by atoms with E-state index in [9.17, 15) is 0 Å². The van der Waals surface area contributed by atoms with Gasteiger partial charge in [-0.3, -0.25) is 0 Å². The molecule has 0 N–H and O–H groups in total. The van der Waals surface area contributed by atoms with E-state index >= 15 is 0 Å². The molecule has 3 heterocycles. The van der Waals surface area contributed by atoms with E-state index in [1.807, 2.05) is 17.5 Å². The smallest absolute Gasteiger partial charge is 0.259 e. The van der Waals surface area contributed by atoms with Crippen molar-refractivity contribution in [3.8, 4) is 22.2 Å². The van der Waals surface area contributed by atoms with Gasteiger partial charge in [0.05, 0.1) is 10.4 Å². The number of thiophene rings is 1. The molecule has 0 aliphatic heterocycles. The Labute approximate surface area is 106 Å². The first-order valence-electron chi connectivity index (χ1n) is 4.82. The average Bonchev–Trinajstić information content (AvgIpc) is 3.00. The van der Waals surface area contributed by atoms with Crippen LogP contribution < -0.4 is 0 Å². The van der Waals surface area contributed by atoms with Crippen LogP contribution in [0.15, 0.2) is 40.4 Å². The molecular formula is C11H6ClN3OS. The number of rotatable bonds is 2. The molecule has 17 heavy (non-hydrogen) atoms. The predicted molar refractivity (Wildman–Crippen MR) is 65.9 cm³/mol. The van der Waals surface area contributed by atoms with Gasteiger partial charge in [0, 0.05) is 6.20 Å². The topological polar surface area (TPSA) is 51.8 Å². The van der Waals surface area contributed by atoms with Gasteiger partial charge in [-0.1, -0.05) is 22.8 Å². The van der Waals surface area contributed by atoms with Crippen molar-refractivity contribution in [3.63, 3.8) is 0 Å². The zero-order chi connectivity index (χ0) is 11.7. The number of halogens is 1. The molecule has 0 amide bonds. The van der Waals surface area contributed by atoms with Gasteiger partial charge in [-0.2, -0.15) is 4.98 Å². The first kappa shape index (κ1) is 10.4. The Balaban J connectivity index is 1.98. The largest absolute Gasteiger partial charge is 0.334 e. The Hall–Kier alpha value is -1.72. The average molecular weight is 264 g/mol. The molecule has 4 nitrogen and oxygen atoms in total. The van der Waals surface area contributed by atoms with E-state index in [1.54, 1.807) is 29.7 Å². The third-order valence-electron chi connectivity index (χ3n) is 2.14. The van der Waals surface area contributed by atoms with Crippen molar-refractivity contribution in [1.29, 1.82) is 0 Å². The maximum absolute atomic E-state index is 5.71. The third kappa shape index (κ3) is 2.07. The summed E-state index contributed by atoms with van der Waals surface area (Å²) >= 11 is 7.27. The van der Waals surface area contributed by atoms with Crippen LogP contribution in [0, 0.1) is 0 Å². The van der Waals surface area contributed by atoms with Crippen LogP contribution in [-0.4, -0.2) is 15.1 Å². The third-order valence-corrected chi connectivity index (χ3v) is 3.23. The second kappa shape index (κ2) is 4.27. The molecule has 0 radical (unpaired) electrons. The fourth-order valence-corrected chi connectivity index (χ4v) is 2.11. The molecular weight excluding hydrogens is 258 g/mol. The summed E-state index contributed by atoms with van der Waals surface area (Å²) in [6, 6.07) is 7.37. The Morgan fingerprint density at radius 1 is 1.24 bits per heavy atom. The maximum Gasteiger partial charge on any atom is 0.259 e. The molecule has 6 heteroatoms. The Morgan fingerprint density at radius 3 is 2.88 bits per heavy atom. The van der Waals surface area contributed by atoms with E-state index in [1.165, 1.54) is 0 Å².